The predicted octanol–water partition coefficient (Wildman–Crippen LogP) is 4.68. The summed E-state index contributed by atoms with van der Waals surface area (Å²) in [5.74, 6) is 2.73. The minimum absolute atomic E-state index is 0.269. The molecule has 4 heteroatoms. The van der Waals surface area contributed by atoms with Crippen molar-refractivity contribution in [2.24, 2.45) is 0 Å². The third-order valence-corrected chi connectivity index (χ3v) is 7.65. The number of aliphatic hydroxyl groups is 1. The summed E-state index contributed by atoms with van der Waals surface area (Å²) in [6.45, 7) is 1.15. The van der Waals surface area contributed by atoms with E-state index in [4.69, 9.17) is 0 Å². The summed E-state index contributed by atoms with van der Waals surface area (Å²) in [6.07, 6.45) is 2.17. The number of thioether (sulfide) groups is 2. The molecule has 0 aromatic heterocycles. The van der Waals surface area contributed by atoms with Crippen LogP contribution in [-0.2, 0) is 11.5 Å². The largest absolute Gasteiger partial charge is 0.391 e. The molecular formula is C22H29NOS2. The van der Waals surface area contributed by atoms with Crippen molar-refractivity contribution >= 4 is 23.5 Å². The second kappa shape index (κ2) is 10.4. The second-order valence-corrected chi connectivity index (χ2v) is 9.22. The minimum atomic E-state index is -0.275. The third kappa shape index (κ3) is 5.78. The monoisotopic (exact) mass is 387 g/mol. The van der Waals surface area contributed by atoms with Gasteiger partial charge in [-0.05, 0) is 37.6 Å². The fourth-order valence-electron chi connectivity index (χ4n) is 3.56. The van der Waals surface area contributed by atoms with E-state index in [2.05, 4.69) is 72.6 Å². The van der Waals surface area contributed by atoms with Gasteiger partial charge in [-0.15, -0.1) is 11.8 Å². The average Bonchev–Trinajstić information content (AvgIpc) is 3.09. The Balaban J connectivity index is 1.56. The molecule has 1 aliphatic heterocycles. The molecule has 1 N–H and O–H groups in total. The molecule has 3 atom stereocenters. The van der Waals surface area contributed by atoms with Gasteiger partial charge in [-0.1, -0.05) is 60.7 Å². The van der Waals surface area contributed by atoms with Crippen molar-refractivity contribution in [2.45, 2.75) is 41.7 Å². The Hall–Kier alpha value is -0.940. The van der Waals surface area contributed by atoms with E-state index in [9.17, 15) is 5.11 Å². The summed E-state index contributed by atoms with van der Waals surface area (Å²) in [4.78, 5) is 2.44. The summed E-state index contributed by atoms with van der Waals surface area (Å²) in [5.41, 5.74) is 2.67. The third-order valence-electron chi connectivity index (χ3n) is 5.02. The zero-order valence-corrected chi connectivity index (χ0v) is 17.1. The zero-order chi connectivity index (χ0) is 18.2. The van der Waals surface area contributed by atoms with Gasteiger partial charge >= 0.3 is 0 Å². The van der Waals surface area contributed by atoms with Crippen molar-refractivity contribution < 1.29 is 5.11 Å². The number of rotatable bonds is 9. The Kier molecular flexibility index (Phi) is 7.93. The number of hydrogen-bond acceptors (Lipinski definition) is 4. The number of aliphatic hydroxyl groups excluding tert-OH is 1. The Morgan fingerprint density at radius 1 is 1.00 bits per heavy atom. The Labute approximate surface area is 166 Å². The van der Waals surface area contributed by atoms with Crippen molar-refractivity contribution in [1.82, 2.24) is 4.90 Å². The normalized spacial score (nSPS) is 20.2. The number of benzene rings is 2. The van der Waals surface area contributed by atoms with E-state index in [0.29, 0.717) is 6.04 Å². The topological polar surface area (TPSA) is 23.5 Å². The van der Waals surface area contributed by atoms with E-state index in [1.807, 2.05) is 23.5 Å². The molecule has 1 saturated heterocycles. The van der Waals surface area contributed by atoms with Gasteiger partial charge in [-0.3, -0.25) is 0 Å². The Morgan fingerprint density at radius 3 is 2.19 bits per heavy atom. The Morgan fingerprint density at radius 2 is 1.62 bits per heavy atom. The average molecular weight is 388 g/mol. The van der Waals surface area contributed by atoms with Crippen LogP contribution in [0.1, 0.15) is 24.0 Å². The van der Waals surface area contributed by atoms with Crippen LogP contribution < -0.4 is 0 Å². The highest BCUT2D eigenvalue weighted by atomic mass is 32.2. The quantitative estimate of drug-likeness (QED) is 0.675. The summed E-state index contributed by atoms with van der Waals surface area (Å²) in [5, 5.41) is 11.2. The van der Waals surface area contributed by atoms with Crippen molar-refractivity contribution in [2.75, 3.05) is 19.3 Å². The van der Waals surface area contributed by atoms with E-state index in [1.54, 1.807) is 0 Å². The van der Waals surface area contributed by atoms with E-state index in [1.165, 1.54) is 24.0 Å². The maximum Gasteiger partial charge on any atom is 0.0764 e. The molecule has 2 aromatic carbocycles. The first-order valence-corrected chi connectivity index (χ1v) is 11.6. The molecule has 26 heavy (non-hydrogen) atoms. The van der Waals surface area contributed by atoms with Crippen LogP contribution in [0.3, 0.4) is 0 Å². The molecule has 1 aliphatic rings. The van der Waals surface area contributed by atoms with Gasteiger partial charge in [0.15, 0.2) is 0 Å². The lowest BCUT2D eigenvalue weighted by Crippen LogP contribution is -2.42. The molecular weight excluding hydrogens is 358 g/mol. The van der Waals surface area contributed by atoms with Crippen molar-refractivity contribution in [3.05, 3.63) is 71.8 Å². The number of hydrogen-bond donors (Lipinski definition) is 1. The summed E-state index contributed by atoms with van der Waals surface area (Å²) >= 11 is 3.77. The van der Waals surface area contributed by atoms with Crippen LogP contribution in [0.15, 0.2) is 60.7 Å². The first-order chi connectivity index (χ1) is 12.7. The maximum atomic E-state index is 11.0. The fourth-order valence-corrected chi connectivity index (χ4v) is 6.14. The van der Waals surface area contributed by atoms with E-state index >= 15 is 0 Å². The van der Waals surface area contributed by atoms with Gasteiger partial charge in [0.05, 0.1) is 6.10 Å². The van der Waals surface area contributed by atoms with E-state index < -0.39 is 0 Å². The first kappa shape index (κ1) is 19.8. The van der Waals surface area contributed by atoms with Gasteiger partial charge < -0.3 is 10.0 Å². The molecule has 3 unspecified atom stereocenters. The molecule has 0 spiro atoms. The minimum Gasteiger partial charge on any atom is -0.391 e. The molecule has 0 amide bonds. The van der Waals surface area contributed by atoms with Gasteiger partial charge in [0.2, 0.25) is 0 Å². The fraction of sp³-hybridized carbons (Fsp3) is 0.455. The van der Waals surface area contributed by atoms with Crippen LogP contribution in [0.2, 0.25) is 0 Å². The number of nitrogens with zero attached hydrogens (tertiary/aromatic N) is 1. The SMILES string of the molecule is CN1CCCC1C(SCc1ccccc1)C(O)CSCc1ccccc1. The Bertz CT molecular complexity index is 637. The first-order valence-electron chi connectivity index (χ1n) is 9.39. The van der Waals surface area contributed by atoms with Crippen molar-refractivity contribution in [3.63, 3.8) is 0 Å². The molecule has 0 bridgehead atoms. The molecule has 140 valence electrons. The smallest absolute Gasteiger partial charge is 0.0764 e. The molecule has 0 aliphatic carbocycles. The van der Waals surface area contributed by atoms with Crippen LogP contribution >= 0.6 is 23.5 Å². The van der Waals surface area contributed by atoms with E-state index in [0.717, 1.165) is 23.8 Å². The molecule has 0 saturated carbocycles. The lowest BCUT2D eigenvalue weighted by molar-refractivity contribution is 0.156. The summed E-state index contributed by atoms with van der Waals surface area (Å²) < 4.78 is 0. The molecule has 3 rings (SSSR count). The van der Waals surface area contributed by atoms with E-state index in [-0.39, 0.29) is 11.4 Å². The highest BCUT2D eigenvalue weighted by molar-refractivity contribution is 7.99. The van der Waals surface area contributed by atoms with Gasteiger partial charge in [0, 0.05) is 28.6 Å². The van der Waals surface area contributed by atoms with Crippen molar-refractivity contribution in [1.29, 1.82) is 0 Å². The van der Waals surface area contributed by atoms with Gasteiger partial charge in [-0.25, -0.2) is 0 Å². The number of likely N-dealkylation sites (tertiary alicyclic amines) is 1. The molecule has 1 fully saturated rings. The van der Waals surface area contributed by atoms with Crippen LogP contribution in [0.25, 0.3) is 0 Å². The maximum absolute atomic E-state index is 11.0. The standard InChI is InChI=1S/C22H29NOS2/c1-23-14-8-13-20(23)22(26-16-19-11-6-3-7-12-19)21(24)17-25-15-18-9-4-2-5-10-18/h2-7,9-12,20-22,24H,8,13-17H2,1H3. The van der Waals surface area contributed by atoms with Gasteiger partial charge in [-0.2, -0.15) is 11.8 Å². The predicted molar refractivity (Wildman–Crippen MR) is 116 cm³/mol. The van der Waals surface area contributed by atoms with Crippen LogP contribution in [0.4, 0.5) is 0 Å². The van der Waals surface area contributed by atoms with Gasteiger partial charge in [0.1, 0.15) is 0 Å². The summed E-state index contributed by atoms with van der Waals surface area (Å²) in [6, 6.07) is 21.6. The zero-order valence-electron chi connectivity index (χ0n) is 15.5. The highest BCUT2D eigenvalue weighted by Gasteiger charge is 2.34. The summed E-state index contributed by atoms with van der Waals surface area (Å²) in [7, 11) is 2.21. The molecule has 1 heterocycles. The molecule has 0 radical (unpaired) electrons. The van der Waals surface area contributed by atoms with Gasteiger partial charge in [0.25, 0.3) is 0 Å². The molecule has 2 aromatic rings. The van der Waals surface area contributed by atoms with Crippen LogP contribution in [0.5, 0.6) is 0 Å². The van der Waals surface area contributed by atoms with Crippen molar-refractivity contribution in [3.8, 4) is 0 Å². The van der Waals surface area contributed by atoms with Crippen LogP contribution in [0, 0.1) is 0 Å². The lowest BCUT2D eigenvalue weighted by Gasteiger charge is -2.32. The van der Waals surface area contributed by atoms with Crippen LogP contribution in [-0.4, -0.2) is 46.7 Å². The lowest BCUT2D eigenvalue weighted by atomic mass is 10.1. The second-order valence-electron chi connectivity index (χ2n) is 7.02. The highest BCUT2D eigenvalue weighted by Crippen LogP contribution is 2.32. The molecule has 2 nitrogen and oxygen atoms in total.